The number of hydrogen-bond donors (Lipinski definition) is 2. The summed E-state index contributed by atoms with van der Waals surface area (Å²) in [6, 6.07) is 16.1. The minimum Gasteiger partial charge on any atom is -0.463 e. The van der Waals surface area contributed by atoms with Crippen LogP contribution in [-0.2, 0) is 56.6 Å². The maximum atomic E-state index is 15.3. The monoisotopic (exact) mass is 823 g/mol. The van der Waals surface area contributed by atoms with E-state index in [9.17, 15) is 29.1 Å². The van der Waals surface area contributed by atoms with Crippen LogP contribution < -0.4 is 5.32 Å². The predicted octanol–water partition coefficient (Wildman–Crippen LogP) is 3.76. The van der Waals surface area contributed by atoms with Crippen molar-refractivity contribution >= 4 is 48.1 Å². The molecule has 2 bridgehead atoms. The van der Waals surface area contributed by atoms with E-state index >= 15 is 4.79 Å². The number of nitrogens with one attached hydrogen (secondary N) is 1. The molecule has 1 heterocycles. The lowest BCUT2D eigenvalue weighted by atomic mass is 9.37. The molecule has 3 fully saturated rings. The number of esters is 3. The third-order valence-electron chi connectivity index (χ3n) is 12.4. The number of rotatable bonds is 13. The van der Waals surface area contributed by atoms with Crippen LogP contribution in [0.4, 0.5) is 0 Å². The summed E-state index contributed by atoms with van der Waals surface area (Å²) in [4.78, 5) is 81.2. The van der Waals surface area contributed by atoms with Gasteiger partial charge in [-0.1, -0.05) is 48.5 Å². The lowest BCUT2D eigenvalue weighted by molar-refractivity contribution is -0.383. The van der Waals surface area contributed by atoms with Crippen LogP contribution in [0.1, 0.15) is 75.8 Å². The van der Waals surface area contributed by atoms with Crippen LogP contribution >= 0.6 is 12.0 Å². The molecule has 15 nitrogen and oxygen atoms in total. The van der Waals surface area contributed by atoms with Gasteiger partial charge in [0, 0.05) is 45.6 Å². The Labute approximate surface area is 340 Å². The van der Waals surface area contributed by atoms with Crippen molar-refractivity contribution in [3.05, 3.63) is 82.9 Å². The van der Waals surface area contributed by atoms with Crippen molar-refractivity contribution in [1.29, 1.82) is 0 Å². The lowest BCUT2D eigenvalue weighted by Gasteiger charge is -2.73. The van der Waals surface area contributed by atoms with Crippen LogP contribution in [0.5, 0.6) is 0 Å². The molecule has 1 aliphatic heterocycles. The van der Waals surface area contributed by atoms with Crippen LogP contribution in [0.2, 0.25) is 0 Å². The van der Waals surface area contributed by atoms with Crippen molar-refractivity contribution in [3.63, 3.8) is 0 Å². The molecule has 58 heavy (non-hydrogen) atoms. The van der Waals surface area contributed by atoms with E-state index in [4.69, 9.17) is 32.6 Å². The first-order valence-electron chi connectivity index (χ1n) is 18.9. The minimum atomic E-state index is -1.98. The largest absolute Gasteiger partial charge is 0.463 e. The highest BCUT2D eigenvalue weighted by atomic mass is 32.2. The zero-order chi connectivity index (χ0) is 42.2. The Morgan fingerprint density at radius 2 is 1.66 bits per heavy atom. The fourth-order valence-corrected chi connectivity index (χ4v) is 10.3. The molecular weight excluding hydrogens is 775 g/mol. The third kappa shape index (κ3) is 7.01. The van der Waals surface area contributed by atoms with Gasteiger partial charge in [0.05, 0.1) is 35.2 Å². The van der Waals surface area contributed by atoms with Crippen LogP contribution in [0.3, 0.4) is 0 Å². The quantitative estimate of drug-likeness (QED) is 0.0973. The third-order valence-corrected chi connectivity index (χ3v) is 12.8. The summed E-state index contributed by atoms with van der Waals surface area (Å²) in [6.07, 6.45) is -6.77. The molecule has 11 atom stereocenters. The van der Waals surface area contributed by atoms with E-state index < -0.39 is 94.3 Å². The normalized spacial score (nSPS) is 34.9. The number of hydrogen-bond acceptors (Lipinski definition) is 15. The highest BCUT2D eigenvalue weighted by Gasteiger charge is 2.84. The summed E-state index contributed by atoms with van der Waals surface area (Å²) in [5.41, 5.74) is -5.72. The van der Waals surface area contributed by atoms with E-state index in [-0.39, 0.29) is 43.5 Å². The van der Waals surface area contributed by atoms with Gasteiger partial charge < -0.3 is 38.8 Å². The second-order valence-electron chi connectivity index (χ2n) is 15.7. The number of Topliss-reactive ketones (excluding diaryl/α,β-unsaturated/α-hetero) is 1. The van der Waals surface area contributed by atoms with Crippen molar-refractivity contribution < 1.29 is 66.5 Å². The molecule has 2 aromatic carbocycles. The van der Waals surface area contributed by atoms with Gasteiger partial charge in [0.1, 0.15) is 18.3 Å². The van der Waals surface area contributed by atoms with Gasteiger partial charge in [-0.15, -0.1) is 0 Å². The van der Waals surface area contributed by atoms with Crippen LogP contribution in [0, 0.1) is 10.8 Å². The molecule has 6 unspecified atom stereocenters. The molecule has 2 saturated carbocycles. The van der Waals surface area contributed by atoms with E-state index in [2.05, 4.69) is 5.32 Å². The summed E-state index contributed by atoms with van der Waals surface area (Å²) in [5.74, 6) is -3.58. The Bertz CT molecular complexity index is 1960. The highest BCUT2D eigenvalue weighted by molar-refractivity contribution is 7.93. The molecule has 1 spiro atoms. The second kappa shape index (κ2) is 16.6. The van der Waals surface area contributed by atoms with Gasteiger partial charge in [-0.3, -0.25) is 28.2 Å². The number of carbonyl (C=O) groups is 6. The van der Waals surface area contributed by atoms with Crippen molar-refractivity contribution in [1.82, 2.24) is 5.32 Å². The van der Waals surface area contributed by atoms with Gasteiger partial charge in [0.15, 0.2) is 23.6 Å². The zero-order valence-corrected chi connectivity index (χ0v) is 34.2. The number of ketones is 1. The summed E-state index contributed by atoms with van der Waals surface area (Å²) in [7, 11) is 1.33. The first-order valence-corrected chi connectivity index (χ1v) is 20.0. The number of carbonyl (C=O) groups excluding carboxylic acids is 6. The predicted molar refractivity (Wildman–Crippen MR) is 206 cm³/mol. The Morgan fingerprint density at radius 3 is 2.21 bits per heavy atom. The number of benzene rings is 2. The summed E-state index contributed by atoms with van der Waals surface area (Å²) < 4.78 is 42.1. The number of amides is 1. The number of ether oxygens (including phenoxy) is 6. The minimum absolute atomic E-state index is 0.0557. The molecule has 1 saturated heterocycles. The zero-order valence-electron chi connectivity index (χ0n) is 33.4. The number of aliphatic hydroxyl groups is 1. The van der Waals surface area contributed by atoms with Gasteiger partial charge in [0.25, 0.3) is 12.4 Å². The smallest absolute Gasteiger partial charge is 0.339 e. The summed E-state index contributed by atoms with van der Waals surface area (Å²) in [5, 5.41) is 15.7. The van der Waals surface area contributed by atoms with Gasteiger partial charge in [-0.05, 0) is 68.1 Å². The second-order valence-corrected chi connectivity index (χ2v) is 16.2. The molecule has 6 rings (SSSR count). The first kappa shape index (κ1) is 43.0. The van der Waals surface area contributed by atoms with E-state index in [1.54, 1.807) is 80.8 Å². The van der Waals surface area contributed by atoms with E-state index in [0.29, 0.717) is 11.1 Å². The average Bonchev–Trinajstić information content (AvgIpc) is 3.18. The van der Waals surface area contributed by atoms with E-state index in [1.807, 2.05) is 0 Å². The standard InChI is InChI=1S/C42H49NO14S/c1-23-28-19-41(40(5,35(47)33(28)54-24(2)45)30(53-22-44)18-31-42(41,21-52-31)56-25(3)46)38(51-6)39(4,50)20-29(23)55-37(49)34(57-58-7)32(26-14-10-8-11-15-26)43-36(48)27-16-12-9-13-17-27/h8-17,22,29-34,38,50H,18-21H2,1-7H3,(H,43,48)/b28-23+/t29-,30?,31?,32?,33?,34+,38+,39?,40?,41-,42-/m0/s1. The molecule has 2 N–H and O–H groups in total. The molecule has 1 amide bonds. The average molecular weight is 824 g/mol. The number of fused-ring (bicyclic) bond motifs is 2. The van der Waals surface area contributed by atoms with Crippen molar-refractivity contribution in [2.45, 2.75) is 108 Å². The Balaban J connectivity index is 1.51. The first-order chi connectivity index (χ1) is 27.5. The van der Waals surface area contributed by atoms with Crippen molar-refractivity contribution in [2.24, 2.45) is 10.8 Å². The molecule has 312 valence electrons. The van der Waals surface area contributed by atoms with Crippen LogP contribution in [0.25, 0.3) is 0 Å². The van der Waals surface area contributed by atoms with E-state index in [1.165, 1.54) is 21.0 Å². The van der Waals surface area contributed by atoms with Crippen LogP contribution in [-0.4, -0.2) is 109 Å². The summed E-state index contributed by atoms with van der Waals surface area (Å²) in [6.45, 7) is 6.99. The van der Waals surface area contributed by atoms with Crippen molar-refractivity contribution in [2.75, 3.05) is 20.0 Å². The fourth-order valence-electron chi connectivity index (χ4n) is 9.95. The van der Waals surface area contributed by atoms with Gasteiger partial charge in [-0.2, -0.15) is 0 Å². The molecule has 3 aliphatic carbocycles. The molecule has 4 aliphatic rings. The van der Waals surface area contributed by atoms with Gasteiger partial charge in [-0.25, -0.2) is 4.79 Å². The summed E-state index contributed by atoms with van der Waals surface area (Å²) >= 11 is 0.881. The Hall–Kier alpha value is -4.61. The molecule has 0 aromatic heterocycles. The van der Waals surface area contributed by atoms with Crippen LogP contribution in [0.15, 0.2) is 71.8 Å². The van der Waals surface area contributed by atoms with Gasteiger partial charge in [0.2, 0.25) is 0 Å². The fraction of sp³-hybridized carbons (Fsp3) is 0.524. The maximum absolute atomic E-state index is 15.3. The Kier molecular flexibility index (Phi) is 12.3. The molecule has 2 aromatic rings. The molecule has 0 radical (unpaired) electrons. The molecule has 16 heteroatoms. The van der Waals surface area contributed by atoms with Gasteiger partial charge >= 0.3 is 17.9 Å². The SMILES string of the molecule is CO[C@@H]1C(C)(O)C[C@H](OC(=O)[C@H](OSC)C(NC(=O)c2ccccc2)c2ccccc2)/C(C)=C2\C[C@@]13C(C)(C(=O)C2OC(C)=O)C(OC=O)CC1OC[C@]13OC(C)=O. The van der Waals surface area contributed by atoms with Crippen molar-refractivity contribution in [3.8, 4) is 0 Å². The number of methoxy groups -OCH3 is 1. The molecular formula is C42H49NO14S. The highest BCUT2D eigenvalue weighted by Crippen LogP contribution is 2.71. The maximum Gasteiger partial charge on any atom is 0.339 e. The Morgan fingerprint density at radius 1 is 1.00 bits per heavy atom. The topological polar surface area (TPSA) is 199 Å². The lowest BCUT2D eigenvalue weighted by Crippen LogP contribution is -2.86. The van der Waals surface area contributed by atoms with E-state index in [0.717, 1.165) is 19.0 Å².